The summed E-state index contributed by atoms with van der Waals surface area (Å²) in [5, 5.41) is 9.48. The maximum Gasteiger partial charge on any atom is 0.138 e. The van der Waals surface area contributed by atoms with E-state index in [1.54, 1.807) is 0 Å². The number of rotatable bonds is 3. The van der Waals surface area contributed by atoms with Gasteiger partial charge in [0, 0.05) is 7.27 Å². The average molecular weight is 371 g/mol. The quantitative estimate of drug-likeness (QED) is 0.416. The zero-order chi connectivity index (χ0) is 17.0. The van der Waals surface area contributed by atoms with Crippen molar-refractivity contribution in [3.8, 4) is 0 Å². The lowest BCUT2D eigenvalue weighted by molar-refractivity contribution is 0.696. The van der Waals surface area contributed by atoms with Crippen LogP contribution < -0.4 is 0 Å². The first kappa shape index (κ1) is 18.3. The molecule has 1 aromatic carbocycles. The summed E-state index contributed by atoms with van der Waals surface area (Å²) in [4.78, 5) is 0. The van der Waals surface area contributed by atoms with Crippen LogP contribution in [0.25, 0.3) is 0 Å². The van der Waals surface area contributed by atoms with Crippen molar-refractivity contribution in [2.24, 2.45) is 10.2 Å². The van der Waals surface area contributed by atoms with Crippen LogP contribution in [0.5, 0.6) is 0 Å². The second-order valence-electron chi connectivity index (χ2n) is 8.54. The number of hydrogen-bond donors (Lipinski definition) is 0. The number of hydrogen-bond acceptors (Lipinski definition) is 2. The van der Waals surface area contributed by atoms with Crippen LogP contribution in [0.3, 0.4) is 0 Å². The van der Waals surface area contributed by atoms with Crippen molar-refractivity contribution >= 4 is 34.7 Å². The smallest absolute Gasteiger partial charge is 0.138 e. The van der Waals surface area contributed by atoms with Gasteiger partial charge in [0.05, 0.1) is 20.7 Å². The Morgan fingerprint density at radius 1 is 1.00 bits per heavy atom. The Balaban J connectivity index is 2.61. The molecular formula is C16H28ClN2PSi2. The van der Waals surface area contributed by atoms with Crippen molar-refractivity contribution in [3.63, 3.8) is 0 Å². The van der Waals surface area contributed by atoms with E-state index in [4.69, 9.17) is 21.5 Å². The lowest BCUT2D eigenvalue weighted by atomic mass is 10.1. The Morgan fingerprint density at radius 3 is 1.95 bits per heavy atom. The minimum absolute atomic E-state index is 0.0740. The molecule has 1 aliphatic heterocycles. The summed E-state index contributed by atoms with van der Waals surface area (Å²) < 4.78 is -0.0740. The number of nitrogens with zero attached hydrogens (tertiary/aromatic N) is 2. The van der Waals surface area contributed by atoms with Gasteiger partial charge in [0.2, 0.25) is 0 Å². The molecule has 0 bridgehead atoms. The predicted molar refractivity (Wildman–Crippen MR) is 106 cm³/mol. The number of halogens is 1. The van der Waals surface area contributed by atoms with E-state index in [2.05, 4.69) is 77.4 Å². The van der Waals surface area contributed by atoms with Gasteiger partial charge in [-0.15, -0.1) is 0 Å². The first-order chi connectivity index (χ1) is 9.86. The molecule has 1 heterocycles. The molecule has 1 aliphatic rings. The van der Waals surface area contributed by atoms with Crippen molar-refractivity contribution in [1.82, 2.24) is 0 Å². The van der Waals surface area contributed by atoms with Crippen molar-refractivity contribution in [2.75, 3.05) is 0 Å². The zero-order valence-electron chi connectivity index (χ0n) is 15.0. The summed E-state index contributed by atoms with van der Waals surface area (Å²) >= 11 is 7.25. The predicted octanol–water partition coefficient (Wildman–Crippen LogP) is 6.72. The van der Waals surface area contributed by atoms with Crippen LogP contribution in [0.2, 0.25) is 39.3 Å². The lowest BCUT2D eigenvalue weighted by Gasteiger charge is -2.49. The van der Waals surface area contributed by atoms with Gasteiger partial charge < -0.3 is 0 Å². The van der Waals surface area contributed by atoms with Gasteiger partial charge in [-0.25, -0.2) is 0 Å². The molecular weight excluding hydrogens is 343 g/mol. The monoisotopic (exact) mass is 370 g/mol. The van der Waals surface area contributed by atoms with Gasteiger partial charge in [0.15, 0.2) is 0 Å². The second-order valence-corrected chi connectivity index (χ2v) is 23.4. The van der Waals surface area contributed by atoms with E-state index in [1.807, 2.05) is 0 Å². The molecule has 2 rings (SSSR count). The molecule has 122 valence electrons. The molecule has 0 saturated heterocycles. The summed E-state index contributed by atoms with van der Waals surface area (Å²) in [5.74, 6) is 0. The van der Waals surface area contributed by atoms with Crippen molar-refractivity contribution in [2.45, 2.75) is 62.9 Å². The Morgan fingerprint density at radius 2 is 1.55 bits per heavy atom. The third kappa shape index (κ3) is 2.56. The average Bonchev–Trinajstić information content (AvgIpc) is 2.63. The third-order valence-corrected chi connectivity index (χ3v) is 23.3. The van der Waals surface area contributed by atoms with Crippen molar-refractivity contribution < 1.29 is 0 Å². The number of azo groups is 1. The number of benzene rings is 1. The Bertz CT molecular complexity index is 593. The Hall–Kier alpha value is -0.0262. The number of aryl methyl sites for hydroxylation is 1. The molecule has 22 heavy (non-hydrogen) atoms. The summed E-state index contributed by atoms with van der Waals surface area (Å²) in [7, 11) is -4.08. The topological polar surface area (TPSA) is 24.7 Å². The summed E-state index contributed by atoms with van der Waals surface area (Å²) in [5.41, 5.74) is 2.48. The van der Waals surface area contributed by atoms with E-state index in [9.17, 15) is 0 Å². The maximum atomic E-state index is 7.25. The molecule has 0 saturated carbocycles. The molecule has 2 nitrogen and oxygen atoms in total. The first-order valence-electron chi connectivity index (χ1n) is 7.83. The molecule has 2 atom stereocenters. The Labute approximate surface area is 143 Å². The van der Waals surface area contributed by atoms with E-state index in [0.717, 1.165) is 0 Å². The fraction of sp³-hybridized carbons (Fsp3) is 0.625. The van der Waals surface area contributed by atoms with Crippen LogP contribution in [-0.2, 0) is 5.28 Å². The van der Waals surface area contributed by atoms with Gasteiger partial charge in [-0.2, -0.15) is 10.2 Å². The highest BCUT2D eigenvalue weighted by molar-refractivity contribution is 7.90. The minimum atomic E-state index is -1.61. The SMILES string of the molecule is Cc1cccc([C@@]2(C)N=NC([Si](C)(C)C)([Si](C)(C)C)[P@@]2Cl)c1. The Kier molecular flexibility index (Phi) is 4.59. The van der Waals surface area contributed by atoms with Crippen LogP contribution in [0.4, 0.5) is 0 Å². The molecule has 0 spiro atoms. The van der Waals surface area contributed by atoms with Crippen LogP contribution in [0, 0.1) is 6.92 Å². The van der Waals surface area contributed by atoms with E-state index in [0.29, 0.717) is 0 Å². The minimum Gasteiger partial charge on any atom is -0.187 e. The van der Waals surface area contributed by atoms with Crippen molar-refractivity contribution in [3.05, 3.63) is 35.4 Å². The molecule has 0 aromatic heterocycles. The van der Waals surface area contributed by atoms with Gasteiger partial charge >= 0.3 is 0 Å². The van der Waals surface area contributed by atoms with E-state index in [1.165, 1.54) is 11.1 Å². The largest absolute Gasteiger partial charge is 0.187 e. The van der Waals surface area contributed by atoms with Gasteiger partial charge in [-0.05, 0) is 19.4 Å². The highest BCUT2D eigenvalue weighted by Crippen LogP contribution is 2.76. The summed E-state index contributed by atoms with van der Waals surface area (Å²) in [6.45, 7) is 18.8. The van der Waals surface area contributed by atoms with E-state index >= 15 is 0 Å². The zero-order valence-corrected chi connectivity index (χ0v) is 18.7. The fourth-order valence-electron chi connectivity index (χ4n) is 3.69. The summed E-state index contributed by atoms with van der Waals surface area (Å²) in [6, 6.07) is 8.61. The first-order valence-corrected chi connectivity index (χ1v) is 17.1. The van der Waals surface area contributed by atoms with Gasteiger partial charge in [0.25, 0.3) is 0 Å². The molecule has 0 radical (unpaired) electrons. The van der Waals surface area contributed by atoms with Gasteiger partial charge in [-0.3, -0.25) is 0 Å². The molecule has 0 fully saturated rings. The highest BCUT2D eigenvalue weighted by atomic mass is 35.7. The lowest BCUT2D eigenvalue weighted by Crippen LogP contribution is -2.62. The van der Waals surface area contributed by atoms with Crippen LogP contribution in [0.15, 0.2) is 34.5 Å². The molecule has 0 amide bonds. The van der Waals surface area contributed by atoms with E-state index < -0.39 is 23.4 Å². The molecule has 0 aliphatic carbocycles. The molecule has 1 aromatic rings. The highest BCUT2D eigenvalue weighted by Gasteiger charge is 2.66. The fourth-order valence-corrected chi connectivity index (χ4v) is 25.7. The van der Waals surface area contributed by atoms with Gasteiger partial charge in [0.1, 0.15) is 5.28 Å². The normalized spacial score (nSPS) is 28.1. The third-order valence-electron chi connectivity index (χ3n) is 4.71. The van der Waals surface area contributed by atoms with Crippen molar-refractivity contribution in [1.29, 1.82) is 0 Å². The summed E-state index contributed by atoms with van der Waals surface area (Å²) in [6.07, 6.45) is 0. The van der Waals surface area contributed by atoms with E-state index in [-0.39, 0.29) is 9.81 Å². The molecule has 0 N–H and O–H groups in total. The van der Waals surface area contributed by atoms with Gasteiger partial charge in [-0.1, -0.05) is 80.4 Å². The molecule has 0 unspecified atom stereocenters. The van der Waals surface area contributed by atoms with Crippen LogP contribution in [0.1, 0.15) is 18.1 Å². The van der Waals surface area contributed by atoms with Crippen LogP contribution in [-0.4, -0.2) is 20.7 Å². The van der Waals surface area contributed by atoms with Crippen LogP contribution >= 0.6 is 18.5 Å². The second kappa shape index (κ2) is 5.51. The standard InChI is InChI=1S/C16H28ClN2PSi2/c1-13-10-9-11-14(12-13)15(2)18-19-16(20(15)17,21(3,4)5)22(6,7)8/h9-12H,1-8H3/t15-,20-/m0/s1. The molecule has 6 heteroatoms. The maximum absolute atomic E-state index is 7.25.